The molecule has 0 atom stereocenters. The van der Waals surface area contributed by atoms with E-state index in [9.17, 15) is 4.79 Å². The minimum atomic E-state index is 0.177. The standard InChI is InChI=1S/C19H25N3O/c1-16-4-3-5-18(14-16)15-21-12-8-19(23)22(2)13-9-17-6-10-20-11-7-17/h3-7,10-11,14,21H,8-9,12-13,15H2,1-2H3. The lowest BCUT2D eigenvalue weighted by molar-refractivity contribution is -0.129. The second kappa shape index (κ2) is 9.06. The highest BCUT2D eigenvalue weighted by Gasteiger charge is 2.08. The third-order valence-electron chi connectivity index (χ3n) is 3.84. The monoisotopic (exact) mass is 311 g/mol. The maximum Gasteiger partial charge on any atom is 0.223 e. The molecular weight excluding hydrogens is 286 g/mol. The molecule has 4 heteroatoms. The second-order valence-electron chi connectivity index (χ2n) is 5.84. The van der Waals surface area contributed by atoms with Crippen LogP contribution in [0.25, 0.3) is 0 Å². The molecule has 1 amide bonds. The van der Waals surface area contributed by atoms with Crippen LogP contribution in [0.4, 0.5) is 0 Å². The van der Waals surface area contributed by atoms with E-state index in [4.69, 9.17) is 0 Å². The van der Waals surface area contributed by atoms with Crippen molar-refractivity contribution in [2.75, 3.05) is 20.1 Å². The first-order chi connectivity index (χ1) is 11.1. The van der Waals surface area contributed by atoms with Crippen LogP contribution in [-0.2, 0) is 17.8 Å². The Balaban J connectivity index is 1.64. The quantitative estimate of drug-likeness (QED) is 0.762. The lowest BCUT2D eigenvalue weighted by Gasteiger charge is -2.17. The van der Waals surface area contributed by atoms with E-state index in [1.54, 1.807) is 17.3 Å². The third kappa shape index (κ3) is 6.20. The Morgan fingerprint density at radius 2 is 1.96 bits per heavy atom. The molecule has 1 N–H and O–H groups in total. The van der Waals surface area contributed by atoms with Gasteiger partial charge < -0.3 is 10.2 Å². The van der Waals surface area contributed by atoms with Crippen molar-refractivity contribution in [1.29, 1.82) is 0 Å². The summed E-state index contributed by atoms with van der Waals surface area (Å²) in [5.74, 6) is 0.177. The van der Waals surface area contributed by atoms with Gasteiger partial charge in [0.15, 0.2) is 0 Å². The predicted octanol–water partition coefficient (Wildman–Crippen LogP) is 2.57. The number of nitrogens with zero attached hydrogens (tertiary/aromatic N) is 2. The summed E-state index contributed by atoms with van der Waals surface area (Å²) in [7, 11) is 1.87. The zero-order valence-electron chi connectivity index (χ0n) is 14.0. The summed E-state index contributed by atoms with van der Waals surface area (Å²) in [6.07, 6.45) is 4.96. The van der Waals surface area contributed by atoms with Gasteiger partial charge in [0.1, 0.15) is 0 Å². The van der Waals surface area contributed by atoms with E-state index in [0.717, 1.165) is 19.5 Å². The van der Waals surface area contributed by atoms with Crippen LogP contribution in [0.2, 0.25) is 0 Å². The predicted molar refractivity (Wildman–Crippen MR) is 93.1 cm³/mol. The highest BCUT2D eigenvalue weighted by atomic mass is 16.2. The molecular formula is C19H25N3O. The van der Waals surface area contributed by atoms with Gasteiger partial charge >= 0.3 is 0 Å². The Bertz CT molecular complexity index is 613. The molecule has 0 spiro atoms. The van der Waals surface area contributed by atoms with Crippen LogP contribution in [0.1, 0.15) is 23.1 Å². The molecule has 0 bridgehead atoms. The number of rotatable bonds is 8. The van der Waals surface area contributed by atoms with Crippen LogP contribution in [-0.4, -0.2) is 35.9 Å². The van der Waals surface area contributed by atoms with Gasteiger partial charge in [0.25, 0.3) is 0 Å². The third-order valence-corrected chi connectivity index (χ3v) is 3.84. The fourth-order valence-electron chi connectivity index (χ4n) is 2.41. The number of carbonyl (C=O) groups excluding carboxylic acids is 1. The molecule has 0 aliphatic carbocycles. The molecule has 23 heavy (non-hydrogen) atoms. The number of hydrogen-bond acceptors (Lipinski definition) is 3. The zero-order chi connectivity index (χ0) is 16.5. The number of amides is 1. The lowest BCUT2D eigenvalue weighted by atomic mass is 10.1. The average molecular weight is 311 g/mol. The van der Waals surface area contributed by atoms with Crippen molar-refractivity contribution in [3.8, 4) is 0 Å². The molecule has 0 radical (unpaired) electrons. The van der Waals surface area contributed by atoms with Crippen molar-refractivity contribution >= 4 is 5.91 Å². The van der Waals surface area contributed by atoms with Gasteiger partial charge in [0.2, 0.25) is 5.91 Å². The van der Waals surface area contributed by atoms with Crippen molar-refractivity contribution in [2.24, 2.45) is 0 Å². The molecule has 0 fully saturated rings. The van der Waals surface area contributed by atoms with Crippen LogP contribution in [0.3, 0.4) is 0 Å². The first-order valence-corrected chi connectivity index (χ1v) is 8.04. The Kier molecular flexibility index (Phi) is 6.76. The van der Waals surface area contributed by atoms with Crippen molar-refractivity contribution in [3.05, 3.63) is 65.5 Å². The maximum atomic E-state index is 12.1. The summed E-state index contributed by atoms with van der Waals surface area (Å²) < 4.78 is 0. The molecule has 1 aromatic heterocycles. The van der Waals surface area contributed by atoms with Crippen LogP contribution in [0.5, 0.6) is 0 Å². The smallest absolute Gasteiger partial charge is 0.223 e. The number of hydrogen-bond donors (Lipinski definition) is 1. The van der Waals surface area contributed by atoms with E-state index in [0.29, 0.717) is 13.0 Å². The van der Waals surface area contributed by atoms with E-state index < -0.39 is 0 Å². The molecule has 2 rings (SSSR count). The molecule has 1 aromatic carbocycles. The first kappa shape index (κ1) is 17.2. The maximum absolute atomic E-state index is 12.1. The summed E-state index contributed by atoms with van der Waals surface area (Å²) >= 11 is 0. The minimum absolute atomic E-state index is 0.177. The van der Waals surface area contributed by atoms with E-state index in [1.807, 2.05) is 19.2 Å². The summed E-state index contributed by atoms with van der Waals surface area (Å²) in [5.41, 5.74) is 3.72. The molecule has 0 saturated heterocycles. The molecule has 2 aromatic rings. The topological polar surface area (TPSA) is 45.2 Å². The highest BCUT2D eigenvalue weighted by Crippen LogP contribution is 2.03. The lowest BCUT2D eigenvalue weighted by Crippen LogP contribution is -2.31. The van der Waals surface area contributed by atoms with Gasteiger partial charge in [0, 0.05) is 45.5 Å². The van der Waals surface area contributed by atoms with E-state index in [1.165, 1.54) is 16.7 Å². The molecule has 0 aliphatic rings. The molecule has 122 valence electrons. The molecule has 0 unspecified atom stereocenters. The van der Waals surface area contributed by atoms with Gasteiger partial charge in [-0.05, 0) is 36.6 Å². The highest BCUT2D eigenvalue weighted by molar-refractivity contribution is 5.76. The number of nitrogens with one attached hydrogen (secondary N) is 1. The van der Waals surface area contributed by atoms with Gasteiger partial charge in [-0.25, -0.2) is 0 Å². The second-order valence-corrected chi connectivity index (χ2v) is 5.84. The van der Waals surface area contributed by atoms with Crippen LogP contribution < -0.4 is 5.32 Å². The SMILES string of the molecule is Cc1cccc(CNCCC(=O)N(C)CCc2ccncc2)c1. The first-order valence-electron chi connectivity index (χ1n) is 8.04. The van der Waals surface area contributed by atoms with E-state index >= 15 is 0 Å². The normalized spacial score (nSPS) is 10.5. The Labute approximate surface area is 138 Å². The number of aromatic nitrogens is 1. The summed E-state index contributed by atoms with van der Waals surface area (Å²) in [6.45, 7) is 4.33. The number of benzene rings is 1. The minimum Gasteiger partial charge on any atom is -0.345 e. The van der Waals surface area contributed by atoms with Gasteiger partial charge in [-0.1, -0.05) is 29.8 Å². The van der Waals surface area contributed by atoms with Gasteiger partial charge in [-0.3, -0.25) is 9.78 Å². The van der Waals surface area contributed by atoms with Crippen molar-refractivity contribution in [2.45, 2.75) is 26.3 Å². The van der Waals surface area contributed by atoms with E-state index in [2.05, 4.69) is 41.5 Å². The van der Waals surface area contributed by atoms with Crippen molar-refractivity contribution < 1.29 is 4.79 Å². The largest absolute Gasteiger partial charge is 0.345 e. The number of pyridine rings is 1. The van der Waals surface area contributed by atoms with Crippen molar-refractivity contribution in [3.63, 3.8) is 0 Å². The summed E-state index contributed by atoms with van der Waals surface area (Å²) in [6, 6.07) is 12.4. The number of likely N-dealkylation sites (N-methyl/N-ethyl adjacent to an activating group) is 1. The van der Waals surface area contributed by atoms with Crippen LogP contribution in [0.15, 0.2) is 48.8 Å². The summed E-state index contributed by atoms with van der Waals surface area (Å²) in [5, 5.41) is 3.33. The summed E-state index contributed by atoms with van der Waals surface area (Å²) in [4.78, 5) is 17.9. The molecule has 0 aliphatic heterocycles. The fourth-order valence-corrected chi connectivity index (χ4v) is 2.41. The van der Waals surface area contributed by atoms with Gasteiger partial charge in [-0.15, -0.1) is 0 Å². The molecule has 1 heterocycles. The van der Waals surface area contributed by atoms with Gasteiger partial charge in [0.05, 0.1) is 0 Å². The Morgan fingerprint density at radius 1 is 1.17 bits per heavy atom. The number of carbonyl (C=O) groups is 1. The molecule has 0 saturated carbocycles. The molecule has 4 nitrogen and oxygen atoms in total. The Hall–Kier alpha value is -2.20. The van der Waals surface area contributed by atoms with Crippen molar-refractivity contribution in [1.82, 2.24) is 15.2 Å². The number of aryl methyl sites for hydroxylation is 1. The fraction of sp³-hybridized carbons (Fsp3) is 0.368. The Morgan fingerprint density at radius 3 is 2.70 bits per heavy atom. The van der Waals surface area contributed by atoms with Crippen LogP contribution >= 0.6 is 0 Å². The zero-order valence-corrected chi connectivity index (χ0v) is 14.0. The van der Waals surface area contributed by atoms with Gasteiger partial charge in [-0.2, -0.15) is 0 Å². The van der Waals surface area contributed by atoms with E-state index in [-0.39, 0.29) is 5.91 Å². The van der Waals surface area contributed by atoms with Crippen LogP contribution in [0, 0.1) is 6.92 Å². The average Bonchev–Trinajstić information content (AvgIpc) is 2.57.